The van der Waals surface area contributed by atoms with Crippen molar-refractivity contribution in [3.05, 3.63) is 30.0 Å². The van der Waals surface area contributed by atoms with Crippen molar-refractivity contribution in [1.82, 2.24) is 30.4 Å². The summed E-state index contributed by atoms with van der Waals surface area (Å²) in [6.07, 6.45) is 5.34. The van der Waals surface area contributed by atoms with Gasteiger partial charge >= 0.3 is 0 Å². The molecule has 2 aromatic rings. The zero-order valence-corrected chi connectivity index (χ0v) is 18.2. The first-order chi connectivity index (χ1) is 12.0. The maximum Gasteiger partial charge on any atom is 0.216 e. The number of guanidine groups is 1. The second-order valence-corrected chi connectivity index (χ2v) is 7.30. The third-order valence-electron chi connectivity index (χ3n) is 4.16. The Balaban J connectivity index is 0.00000243. The van der Waals surface area contributed by atoms with Gasteiger partial charge in [0.25, 0.3) is 0 Å². The van der Waals surface area contributed by atoms with E-state index in [4.69, 9.17) is 4.42 Å². The fourth-order valence-electron chi connectivity index (χ4n) is 2.75. The number of nitrogens with zero attached hydrogens (tertiary/aromatic N) is 5. The minimum absolute atomic E-state index is 0. The Morgan fingerprint density at radius 3 is 2.88 bits per heavy atom. The molecule has 1 aliphatic rings. The van der Waals surface area contributed by atoms with Crippen LogP contribution < -0.4 is 10.6 Å². The summed E-state index contributed by atoms with van der Waals surface area (Å²) in [6, 6.07) is 0.279. The summed E-state index contributed by atoms with van der Waals surface area (Å²) < 4.78 is 7.76. The van der Waals surface area contributed by atoms with Gasteiger partial charge in [-0.25, -0.2) is 19.6 Å². The van der Waals surface area contributed by atoms with Crippen molar-refractivity contribution in [3.8, 4) is 0 Å². The number of fused-ring (bicyclic) bond motifs is 1. The number of rotatable bonds is 4. The first-order valence-electron chi connectivity index (χ1n) is 8.82. The lowest BCUT2D eigenvalue weighted by Crippen LogP contribution is -2.47. The van der Waals surface area contributed by atoms with Crippen LogP contribution in [0, 0.1) is 0 Å². The lowest BCUT2D eigenvalue weighted by molar-refractivity contribution is 0.381. The minimum atomic E-state index is -0.0463. The largest absolute Gasteiger partial charge is 0.443 e. The van der Waals surface area contributed by atoms with Crippen LogP contribution in [0.1, 0.15) is 51.6 Å². The molecule has 3 heterocycles. The summed E-state index contributed by atoms with van der Waals surface area (Å²) in [5, 5.41) is 11.0. The van der Waals surface area contributed by atoms with Gasteiger partial charge < -0.3 is 15.1 Å². The number of oxazole rings is 1. The number of hydrogen-bond donors (Lipinski definition) is 2. The molecule has 9 heteroatoms. The molecule has 1 atom stereocenters. The molecule has 2 N–H and O–H groups in total. The summed E-state index contributed by atoms with van der Waals surface area (Å²) in [4.78, 5) is 13.2. The minimum Gasteiger partial charge on any atom is -0.443 e. The third kappa shape index (κ3) is 5.18. The Bertz CT molecular complexity index is 732. The van der Waals surface area contributed by atoms with Crippen molar-refractivity contribution in [2.45, 2.75) is 65.1 Å². The number of aryl methyl sites for hydroxylation is 1. The molecule has 1 aliphatic heterocycles. The van der Waals surface area contributed by atoms with Crippen LogP contribution in [0.5, 0.6) is 0 Å². The van der Waals surface area contributed by atoms with Crippen molar-refractivity contribution in [1.29, 1.82) is 0 Å². The standard InChI is InChI=1S/C17H27N7O.HI/c1-5-18-16(20-9-15-19-8-13(25-15)17(2,3)4)23-12-6-7-14-21-11-22-24(14)10-12;/h8,11-12H,5-7,9-10H2,1-4H3,(H2,18,20,23);1H. The monoisotopic (exact) mass is 473 g/mol. The van der Waals surface area contributed by atoms with Gasteiger partial charge in [-0.3, -0.25) is 0 Å². The Hall–Kier alpha value is -1.65. The van der Waals surface area contributed by atoms with Gasteiger partial charge in [-0.2, -0.15) is 5.10 Å². The first-order valence-corrected chi connectivity index (χ1v) is 8.82. The molecule has 0 bridgehead atoms. The third-order valence-corrected chi connectivity index (χ3v) is 4.16. The van der Waals surface area contributed by atoms with Crippen LogP contribution >= 0.6 is 24.0 Å². The van der Waals surface area contributed by atoms with Crippen molar-refractivity contribution in [2.24, 2.45) is 4.99 Å². The Morgan fingerprint density at radius 2 is 2.19 bits per heavy atom. The molecule has 26 heavy (non-hydrogen) atoms. The second-order valence-electron chi connectivity index (χ2n) is 7.30. The van der Waals surface area contributed by atoms with Gasteiger partial charge in [-0.15, -0.1) is 24.0 Å². The molecule has 2 aromatic heterocycles. The van der Waals surface area contributed by atoms with Crippen molar-refractivity contribution in [2.75, 3.05) is 6.54 Å². The quantitative estimate of drug-likeness (QED) is 0.402. The number of aliphatic imine (C=N–C) groups is 1. The van der Waals surface area contributed by atoms with Crippen LogP contribution in [0.25, 0.3) is 0 Å². The summed E-state index contributed by atoms with van der Waals surface area (Å²) in [5.74, 6) is 3.33. The summed E-state index contributed by atoms with van der Waals surface area (Å²) in [7, 11) is 0. The maximum absolute atomic E-state index is 5.81. The maximum atomic E-state index is 5.81. The Kier molecular flexibility index (Phi) is 7.01. The van der Waals surface area contributed by atoms with E-state index in [-0.39, 0.29) is 35.4 Å². The molecular formula is C17H28IN7O. The van der Waals surface area contributed by atoms with Crippen LogP contribution in [-0.4, -0.2) is 38.3 Å². The van der Waals surface area contributed by atoms with Crippen molar-refractivity contribution < 1.29 is 4.42 Å². The number of nitrogens with one attached hydrogen (secondary N) is 2. The van der Waals surface area contributed by atoms with E-state index in [9.17, 15) is 0 Å². The summed E-state index contributed by atoms with van der Waals surface area (Å²) in [6.45, 7) is 10.4. The molecule has 8 nitrogen and oxygen atoms in total. The Morgan fingerprint density at radius 1 is 1.38 bits per heavy atom. The molecule has 0 saturated heterocycles. The van der Waals surface area contributed by atoms with E-state index >= 15 is 0 Å². The molecule has 0 saturated carbocycles. The van der Waals surface area contributed by atoms with Gasteiger partial charge in [0.2, 0.25) is 5.89 Å². The molecule has 0 radical (unpaired) electrons. The molecule has 0 fully saturated rings. The molecular weight excluding hydrogens is 445 g/mol. The molecule has 1 unspecified atom stereocenters. The topological polar surface area (TPSA) is 93.2 Å². The fraction of sp³-hybridized carbons (Fsp3) is 0.647. The van der Waals surface area contributed by atoms with Gasteiger partial charge in [0.15, 0.2) is 5.96 Å². The molecule has 0 aromatic carbocycles. The fourth-order valence-corrected chi connectivity index (χ4v) is 2.75. The van der Waals surface area contributed by atoms with Gasteiger partial charge in [0.05, 0.1) is 12.7 Å². The highest BCUT2D eigenvalue weighted by Gasteiger charge is 2.21. The lowest BCUT2D eigenvalue weighted by atomic mass is 9.94. The van der Waals surface area contributed by atoms with Crippen LogP contribution in [0.15, 0.2) is 21.9 Å². The normalized spacial score (nSPS) is 17.4. The van der Waals surface area contributed by atoms with Gasteiger partial charge in [0, 0.05) is 24.4 Å². The second kappa shape index (κ2) is 8.83. The van der Waals surface area contributed by atoms with Crippen molar-refractivity contribution >= 4 is 29.9 Å². The SMILES string of the molecule is CCNC(=NCc1ncc(C(C)(C)C)o1)NC1CCc2ncnn2C1.I. The summed E-state index contributed by atoms with van der Waals surface area (Å²) in [5.41, 5.74) is -0.0463. The number of aromatic nitrogens is 4. The van der Waals surface area contributed by atoms with Crippen LogP contribution in [0.3, 0.4) is 0 Å². The predicted molar refractivity (Wildman–Crippen MR) is 111 cm³/mol. The smallest absolute Gasteiger partial charge is 0.216 e. The number of hydrogen-bond acceptors (Lipinski definition) is 5. The van der Waals surface area contributed by atoms with Crippen molar-refractivity contribution in [3.63, 3.8) is 0 Å². The average Bonchev–Trinajstić information content (AvgIpc) is 3.21. The average molecular weight is 473 g/mol. The van der Waals surface area contributed by atoms with Crippen LogP contribution in [-0.2, 0) is 24.9 Å². The number of halogens is 1. The molecule has 144 valence electrons. The van der Waals surface area contributed by atoms with E-state index in [1.165, 1.54) is 0 Å². The zero-order valence-electron chi connectivity index (χ0n) is 15.8. The highest BCUT2D eigenvalue weighted by atomic mass is 127. The van der Waals surface area contributed by atoms with Gasteiger partial charge in [0.1, 0.15) is 24.5 Å². The molecule has 0 spiro atoms. The lowest BCUT2D eigenvalue weighted by Gasteiger charge is -2.25. The van der Waals surface area contributed by atoms with E-state index in [1.54, 1.807) is 12.5 Å². The molecule has 0 aliphatic carbocycles. The predicted octanol–water partition coefficient (Wildman–Crippen LogP) is 2.25. The van der Waals surface area contributed by atoms with E-state index in [0.717, 1.165) is 43.5 Å². The first kappa shape index (κ1) is 20.7. The van der Waals surface area contributed by atoms with Gasteiger partial charge in [-0.05, 0) is 13.3 Å². The van der Waals surface area contributed by atoms with E-state index in [0.29, 0.717) is 12.4 Å². The van der Waals surface area contributed by atoms with E-state index in [1.807, 2.05) is 4.68 Å². The van der Waals surface area contributed by atoms with Crippen LogP contribution in [0.2, 0.25) is 0 Å². The van der Waals surface area contributed by atoms with Gasteiger partial charge in [-0.1, -0.05) is 20.8 Å². The zero-order chi connectivity index (χ0) is 17.9. The Labute approximate surface area is 171 Å². The summed E-state index contributed by atoms with van der Waals surface area (Å²) >= 11 is 0. The highest BCUT2D eigenvalue weighted by molar-refractivity contribution is 14.0. The van der Waals surface area contributed by atoms with E-state index < -0.39 is 0 Å². The van der Waals surface area contributed by atoms with E-state index in [2.05, 4.69) is 58.4 Å². The molecule has 3 rings (SSSR count). The molecule has 0 amide bonds. The highest BCUT2D eigenvalue weighted by Crippen LogP contribution is 2.22. The van der Waals surface area contributed by atoms with Crippen LogP contribution in [0.4, 0.5) is 0 Å².